The maximum Gasteiger partial charge on any atom is -0.0334 e. The summed E-state index contributed by atoms with van der Waals surface area (Å²) in [6, 6.07) is 0. The Morgan fingerprint density at radius 3 is 0.657 bits per heavy atom. The van der Waals surface area contributed by atoms with Gasteiger partial charge in [0.2, 0.25) is 0 Å². The van der Waals surface area contributed by atoms with Crippen LogP contribution in [0.25, 0.3) is 0 Å². The molecule has 0 amide bonds. The van der Waals surface area contributed by atoms with Crippen molar-refractivity contribution in [3.8, 4) is 0 Å². The Morgan fingerprint density at radius 2 is 0.627 bits per heavy atom. The van der Waals surface area contributed by atoms with Gasteiger partial charge in [0.1, 0.15) is 0 Å². The minimum absolute atomic E-state index is 0.500. The first-order chi connectivity index (χ1) is 30.0. The standard InChI is InChI=1S/5C8H18.3C7H16.C6H14/c1-6-8(4,5)7(2)3;1-6(2)8(5)7(3)4;1-5-8(4)6-7(2)3;1-5-6-8(4)7(2)3;1-5-8(6-2)7(3)4;1-6(2)7(3,4)5;1-6(2)5-7(3)4;1-5-7(4)6(2)3;1-5(2)6(3)4/h7H,6H2,1-5H3;6-8H,1-5H3;3*7-8H,5-6H2,1-4H3;6H,1-5H3;2*6-7H,5H2,1-4H3;5-6H,1-4H3. The van der Waals surface area contributed by atoms with Crippen molar-refractivity contribution in [3.05, 3.63) is 0 Å². The van der Waals surface area contributed by atoms with E-state index >= 15 is 0 Å². The van der Waals surface area contributed by atoms with Crippen molar-refractivity contribution in [2.24, 2.45) is 111 Å². The van der Waals surface area contributed by atoms with E-state index < -0.39 is 0 Å². The fourth-order valence-electron chi connectivity index (χ4n) is 5.58. The maximum atomic E-state index is 2.33. The second-order valence-electron chi connectivity index (χ2n) is 27.5. The van der Waals surface area contributed by atoms with E-state index in [0.717, 1.165) is 101 Å². The van der Waals surface area contributed by atoms with E-state index in [1.165, 1.54) is 57.8 Å². The van der Waals surface area contributed by atoms with Gasteiger partial charge in [-0.2, -0.15) is 0 Å². The van der Waals surface area contributed by atoms with Crippen molar-refractivity contribution >= 4 is 0 Å². The van der Waals surface area contributed by atoms with Crippen LogP contribution in [0, 0.1) is 111 Å². The second-order valence-corrected chi connectivity index (χ2v) is 27.5. The van der Waals surface area contributed by atoms with E-state index in [9.17, 15) is 0 Å². The molecule has 0 N–H and O–H groups in total. The second kappa shape index (κ2) is 53.8. The third-order valence-corrected chi connectivity index (χ3v) is 15.8. The molecule has 0 rings (SSSR count). The van der Waals surface area contributed by atoms with E-state index in [1.54, 1.807) is 0 Å². The highest BCUT2D eigenvalue weighted by molar-refractivity contribution is 4.69. The van der Waals surface area contributed by atoms with Crippen LogP contribution in [0.2, 0.25) is 0 Å². The lowest BCUT2D eigenvalue weighted by atomic mass is 9.79. The fraction of sp³-hybridized carbons (Fsp3) is 1.00. The monoisotopic (exact) mass is 957 g/mol. The van der Waals surface area contributed by atoms with Crippen LogP contribution in [0.4, 0.5) is 0 Å². The molecule has 0 fully saturated rings. The third-order valence-electron chi connectivity index (χ3n) is 15.8. The van der Waals surface area contributed by atoms with Crippen LogP contribution >= 0.6 is 0 Å². The Bertz CT molecular complexity index is 819. The molecule has 67 heavy (non-hydrogen) atoms. The summed E-state index contributed by atoms with van der Waals surface area (Å²) in [5, 5.41) is 0. The molecule has 0 heterocycles. The highest BCUT2D eigenvalue weighted by Gasteiger charge is 2.18. The highest BCUT2D eigenvalue weighted by Crippen LogP contribution is 2.29. The smallest absolute Gasteiger partial charge is 0.0334 e. The van der Waals surface area contributed by atoms with Crippen LogP contribution in [0.15, 0.2) is 0 Å². The molecular weight excluding hydrogens is 805 g/mol. The molecule has 0 nitrogen and oxygen atoms in total. The van der Waals surface area contributed by atoms with Crippen LogP contribution in [0.5, 0.6) is 0 Å². The van der Waals surface area contributed by atoms with Gasteiger partial charge >= 0.3 is 0 Å². The molecule has 0 heteroatoms. The zero-order chi connectivity index (χ0) is 56.2. The molecule has 420 valence electrons. The van der Waals surface area contributed by atoms with Crippen molar-refractivity contribution in [1.29, 1.82) is 0 Å². The predicted octanol–water partition coefficient (Wildman–Crippen LogP) is 25.6. The van der Waals surface area contributed by atoms with Crippen molar-refractivity contribution in [2.45, 2.75) is 328 Å². The van der Waals surface area contributed by atoms with E-state index in [1.807, 2.05) is 0 Å². The summed E-state index contributed by atoms with van der Waals surface area (Å²) >= 11 is 0. The Morgan fingerprint density at radius 1 is 0.313 bits per heavy atom. The quantitative estimate of drug-likeness (QED) is 0.128. The molecule has 0 aliphatic rings. The molecule has 0 saturated heterocycles. The average Bonchev–Trinajstić information content (AvgIpc) is 3.18. The lowest BCUT2D eigenvalue weighted by Gasteiger charge is -2.27. The SMILES string of the molecule is CC(C)C(C)(C)C.CC(C)C(C)C.CC(C)C(C)C(C)C.CC(C)CC(C)C.CCC(C)(C)C(C)C.CCC(C)C(C)C.CCC(C)CC(C)C.CCC(CC)C(C)C.CCCC(C)C(C)C. The summed E-state index contributed by atoms with van der Waals surface area (Å²) in [7, 11) is 0. The third kappa shape index (κ3) is 80.4. The molecule has 0 bridgehead atoms. The van der Waals surface area contributed by atoms with Crippen molar-refractivity contribution < 1.29 is 0 Å². The van der Waals surface area contributed by atoms with Crippen molar-refractivity contribution in [1.82, 2.24) is 0 Å². The summed E-state index contributed by atoms with van der Waals surface area (Å²) in [5.41, 5.74) is 1.04. The van der Waals surface area contributed by atoms with Crippen LogP contribution in [0.1, 0.15) is 328 Å². The van der Waals surface area contributed by atoms with Crippen LogP contribution in [-0.2, 0) is 0 Å². The summed E-state index contributed by atoms with van der Waals surface area (Å²) in [6.07, 6.45) is 12.1. The molecular formula is C67H152. The molecule has 0 aliphatic heterocycles. The minimum atomic E-state index is 0.500. The molecule has 0 radical (unpaired) electrons. The van der Waals surface area contributed by atoms with Gasteiger partial charge in [-0.25, -0.2) is 0 Å². The van der Waals surface area contributed by atoms with E-state index in [2.05, 4.69) is 270 Å². The Hall–Kier alpha value is 0. The molecule has 0 aromatic heterocycles. The Balaban J connectivity index is -0.0000000808. The van der Waals surface area contributed by atoms with Gasteiger partial charge in [0.15, 0.2) is 0 Å². The molecule has 0 spiro atoms. The molecule has 0 saturated carbocycles. The molecule has 0 aromatic carbocycles. The number of hydrogen-bond acceptors (Lipinski definition) is 0. The maximum absolute atomic E-state index is 2.33. The summed E-state index contributed by atoms with van der Waals surface area (Å²) in [6.45, 7) is 88.7. The van der Waals surface area contributed by atoms with Crippen molar-refractivity contribution in [3.63, 3.8) is 0 Å². The van der Waals surface area contributed by atoms with E-state index in [0.29, 0.717) is 10.8 Å². The van der Waals surface area contributed by atoms with Gasteiger partial charge in [0, 0.05) is 0 Å². The number of hydrogen-bond donors (Lipinski definition) is 0. The summed E-state index contributed by atoms with van der Waals surface area (Å²) in [5.74, 6) is 14.8. The van der Waals surface area contributed by atoms with Gasteiger partial charge in [-0.1, -0.05) is 315 Å². The molecule has 0 aromatic rings. The van der Waals surface area contributed by atoms with E-state index in [4.69, 9.17) is 0 Å². The fourth-order valence-corrected chi connectivity index (χ4v) is 5.58. The largest absolute Gasteiger partial charge is 0.0654 e. The first-order valence-corrected chi connectivity index (χ1v) is 30.0. The van der Waals surface area contributed by atoms with E-state index in [-0.39, 0.29) is 0 Å². The van der Waals surface area contributed by atoms with Gasteiger partial charge in [0.25, 0.3) is 0 Å². The molecule has 3 atom stereocenters. The molecule has 3 unspecified atom stereocenters. The van der Waals surface area contributed by atoms with Gasteiger partial charge in [-0.15, -0.1) is 0 Å². The van der Waals surface area contributed by atoms with Gasteiger partial charge in [0.05, 0.1) is 0 Å². The lowest BCUT2D eigenvalue weighted by Crippen LogP contribution is -2.17. The summed E-state index contributed by atoms with van der Waals surface area (Å²) in [4.78, 5) is 0. The predicted molar refractivity (Wildman–Crippen MR) is 327 cm³/mol. The zero-order valence-electron chi connectivity index (χ0n) is 56.2. The van der Waals surface area contributed by atoms with Crippen LogP contribution < -0.4 is 0 Å². The normalized spacial score (nSPS) is 12.9. The Labute approximate surface area is 437 Å². The summed E-state index contributed by atoms with van der Waals surface area (Å²) < 4.78 is 0. The van der Waals surface area contributed by atoms with Gasteiger partial charge in [-0.3, -0.25) is 0 Å². The van der Waals surface area contributed by atoms with Crippen LogP contribution in [0.3, 0.4) is 0 Å². The zero-order valence-corrected chi connectivity index (χ0v) is 56.2. The first kappa shape index (κ1) is 86.8. The topological polar surface area (TPSA) is 0 Å². The molecule has 0 aliphatic carbocycles. The van der Waals surface area contributed by atoms with Gasteiger partial charge < -0.3 is 0 Å². The minimum Gasteiger partial charge on any atom is -0.0654 e. The average molecular weight is 958 g/mol. The first-order valence-electron chi connectivity index (χ1n) is 30.0. The van der Waals surface area contributed by atoms with Gasteiger partial charge in [-0.05, 0) is 124 Å². The van der Waals surface area contributed by atoms with Crippen LogP contribution in [-0.4, -0.2) is 0 Å². The Kier molecular flexibility index (Phi) is 69.7. The number of rotatable bonds is 18. The highest BCUT2D eigenvalue weighted by atomic mass is 14.2. The van der Waals surface area contributed by atoms with Crippen molar-refractivity contribution in [2.75, 3.05) is 0 Å². The lowest BCUT2D eigenvalue weighted by molar-refractivity contribution is 0.240.